The highest BCUT2D eigenvalue weighted by Crippen LogP contribution is 2.50. The van der Waals surface area contributed by atoms with Crippen LogP contribution in [0.1, 0.15) is 55.4 Å². The summed E-state index contributed by atoms with van der Waals surface area (Å²) in [6, 6.07) is 8.14. The molecule has 0 radical (unpaired) electrons. The SMILES string of the molecule is CC[C@H]1Cc2c(oc3ccc(C)cc23)C2CC3CCC2N1C3. The lowest BCUT2D eigenvalue weighted by molar-refractivity contribution is -0.00184. The number of nitrogens with zero attached hydrogens (tertiary/aromatic N) is 1. The van der Waals surface area contributed by atoms with Crippen molar-refractivity contribution in [2.75, 3.05) is 6.54 Å². The zero-order chi connectivity index (χ0) is 14.8. The van der Waals surface area contributed by atoms with E-state index in [0.29, 0.717) is 12.0 Å². The molecule has 0 spiro atoms. The molecular formula is C20H25NO. The van der Waals surface area contributed by atoms with Crippen molar-refractivity contribution in [1.82, 2.24) is 4.90 Å². The number of hydrogen-bond acceptors (Lipinski definition) is 2. The lowest BCUT2D eigenvalue weighted by Gasteiger charge is -2.51. The van der Waals surface area contributed by atoms with Gasteiger partial charge in [0, 0.05) is 35.5 Å². The second-order valence-corrected chi connectivity index (χ2v) is 7.76. The van der Waals surface area contributed by atoms with Crippen LogP contribution < -0.4 is 0 Å². The number of hydrogen-bond donors (Lipinski definition) is 0. The summed E-state index contributed by atoms with van der Waals surface area (Å²) < 4.78 is 6.43. The molecule has 1 aromatic carbocycles. The zero-order valence-electron chi connectivity index (χ0n) is 13.6. The fraction of sp³-hybridized carbons (Fsp3) is 0.600. The second-order valence-electron chi connectivity index (χ2n) is 7.76. The molecule has 2 heteroatoms. The molecule has 1 aliphatic carbocycles. The van der Waals surface area contributed by atoms with Gasteiger partial charge in [0.15, 0.2) is 0 Å². The summed E-state index contributed by atoms with van der Waals surface area (Å²) in [4.78, 5) is 2.85. The molecule has 22 heavy (non-hydrogen) atoms. The highest BCUT2D eigenvalue weighted by molar-refractivity contribution is 5.83. The van der Waals surface area contributed by atoms with E-state index in [1.54, 1.807) is 0 Å². The first-order valence-electron chi connectivity index (χ1n) is 9.02. The number of benzene rings is 1. The van der Waals surface area contributed by atoms with Crippen LogP contribution >= 0.6 is 0 Å². The number of piperidine rings is 2. The Hall–Kier alpha value is -1.28. The molecule has 2 nitrogen and oxygen atoms in total. The van der Waals surface area contributed by atoms with Crippen LogP contribution in [0.4, 0.5) is 0 Å². The third-order valence-corrected chi connectivity index (χ3v) is 6.51. The highest BCUT2D eigenvalue weighted by Gasteiger charge is 2.47. The summed E-state index contributed by atoms with van der Waals surface area (Å²) in [5, 5.41) is 1.39. The van der Waals surface area contributed by atoms with Gasteiger partial charge in [-0.15, -0.1) is 0 Å². The zero-order valence-corrected chi connectivity index (χ0v) is 13.6. The van der Waals surface area contributed by atoms with Crippen LogP contribution in [0.5, 0.6) is 0 Å². The monoisotopic (exact) mass is 295 g/mol. The van der Waals surface area contributed by atoms with Gasteiger partial charge in [0.05, 0.1) is 0 Å². The Morgan fingerprint density at radius 3 is 3.00 bits per heavy atom. The lowest BCUT2D eigenvalue weighted by Crippen LogP contribution is -2.55. The van der Waals surface area contributed by atoms with Gasteiger partial charge >= 0.3 is 0 Å². The Balaban J connectivity index is 1.73. The van der Waals surface area contributed by atoms with Gasteiger partial charge in [-0.1, -0.05) is 18.6 Å². The standard InChI is InChI=1S/C20H25NO/c1-3-14-10-16-15-8-12(2)4-7-19(15)22-20(16)17-9-13-5-6-18(17)21(14)11-13/h4,7-8,13-14,17-18H,3,5-6,9-11H2,1-2H3/t13?,14-,17?,18?/m0/s1. The van der Waals surface area contributed by atoms with Crippen LogP contribution in [0.25, 0.3) is 11.0 Å². The molecule has 3 fully saturated rings. The molecule has 1 saturated carbocycles. The first kappa shape index (κ1) is 13.2. The molecule has 6 rings (SSSR count). The van der Waals surface area contributed by atoms with E-state index in [0.717, 1.165) is 17.5 Å². The number of aryl methyl sites for hydroxylation is 1. The molecule has 4 bridgehead atoms. The lowest BCUT2D eigenvalue weighted by atomic mass is 9.71. The Morgan fingerprint density at radius 2 is 2.18 bits per heavy atom. The molecule has 0 N–H and O–H groups in total. The van der Waals surface area contributed by atoms with E-state index < -0.39 is 0 Å². The van der Waals surface area contributed by atoms with Crippen molar-refractivity contribution in [2.24, 2.45) is 5.92 Å². The van der Waals surface area contributed by atoms with Gasteiger partial charge in [-0.2, -0.15) is 0 Å². The third kappa shape index (κ3) is 1.70. The second kappa shape index (κ2) is 4.61. The number of fused-ring (bicyclic) bond motifs is 4. The molecule has 5 atom stereocenters. The van der Waals surface area contributed by atoms with Gasteiger partial charge in [-0.3, -0.25) is 4.90 Å². The molecule has 2 aromatic rings. The van der Waals surface area contributed by atoms with Crippen LogP contribution in [0.15, 0.2) is 22.6 Å². The van der Waals surface area contributed by atoms with Crippen LogP contribution in [-0.4, -0.2) is 23.5 Å². The fourth-order valence-electron chi connectivity index (χ4n) is 5.46. The predicted molar refractivity (Wildman–Crippen MR) is 89.3 cm³/mol. The quantitative estimate of drug-likeness (QED) is 0.762. The topological polar surface area (TPSA) is 16.4 Å². The molecule has 4 heterocycles. The van der Waals surface area contributed by atoms with Crippen molar-refractivity contribution >= 4 is 11.0 Å². The predicted octanol–water partition coefficient (Wildman–Crippen LogP) is 4.64. The van der Waals surface area contributed by atoms with E-state index in [2.05, 4.69) is 36.9 Å². The van der Waals surface area contributed by atoms with Crippen LogP contribution in [0.3, 0.4) is 0 Å². The molecule has 4 aliphatic rings. The highest BCUT2D eigenvalue weighted by atomic mass is 16.3. The largest absolute Gasteiger partial charge is 0.460 e. The van der Waals surface area contributed by atoms with E-state index in [9.17, 15) is 0 Å². The third-order valence-electron chi connectivity index (χ3n) is 6.51. The van der Waals surface area contributed by atoms with Crippen molar-refractivity contribution in [1.29, 1.82) is 0 Å². The Bertz CT molecular complexity index is 731. The average Bonchev–Trinajstić information content (AvgIpc) is 2.86. The summed E-state index contributed by atoms with van der Waals surface area (Å²) in [6.07, 6.45) is 6.60. The molecule has 1 aromatic heterocycles. The molecule has 0 amide bonds. The van der Waals surface area contributed by atoms with E-state index in [4.69, 9.17) is 4.42 Å². The van der Waals surface area contributed by atoms with Gasteiger partial charge < -0.3 is 4.42 Å². The van der Waals surface area contributed by atoms with E-state index in [1.165, 1.54) is 60.9 Å². The first-order chi connectivity index (χ1) is 10.7. The van der Waals surface area contributed by atoms with E-state index in [-0.39, 0.29) is 0 Å². The maximum absolute atomic E-state index is 6.43. The van der Waals surface area contributed by atoms with Crippen molar-refractivity contribution in [3.05, 3.63) is 35.1 Å². The maximum atomic E-state index is 6.43. The molecule has 2 saturated heterocycles. The Labute approximate surface area is 132 Å². The average molecular weight is 295 g/mol. The summed E-state index contributed by atoms with van der Waals surface area (Å²) in [7, 11) is 0. The maximum Gasteiger partial charge on any atom is 0.134 e. The van der Waals surface area contributed by atoms with Crippen LogP contribution in [0, 0.1) is 12.8 Å². The summed E-state index contributed by atoms with van der Waals surface area (Å²) in [5.74, 6) is 2.88. The van der Waals surface area contributed by atoms with E-state index in [1.807, 2.05) is 0 Å². The molecular weight excluding hydrogens is 270 g/mol. The molecule has 116 valence electrons. The normalized spacial score (nSPS) is 36.4. The Kier molecular flexibility index (Phi) is 2.76. The first-order valence-corrected chi connectivity index (χ1v) is 9.02. The Morgan fingerprint density at radius 1 is 1.27 bits per heavy atom. The van der Waals surface area contributed by atoms with Gasteiger partial charge in [-0.05, 0) is 57.1 Å². The minimum absolute atomic E-state index is 0.645. The smallest absolute Gasteiger partial charge is 0.134 e. The van der Waals surface area contributed by atoms with E-state index >= 15 is 0 Å². The number of furan rings is 1. The van der Waals surface area contributed by atoms with Crippen molar-refractivity contribution in [3.8, 4) is 0 Å². The molecule has 4 unspecified atom stereocenters. The van der Waals surface area contributed by atoms with Crippen molar-refractivity contribution in [2.45, 2.75) is 64.0 Å². The minimum Gasteiger partial charge on any atom is -0.460 e. The minimum atomic E-state index is 0.645. The van der Waals surface area contributed by atoms with Crippen LogP contribution in [-0.2, 0) is 6.42 Å². The van der Waals surface area contributed by atoms with Crippen molar-refractivity contribution in [3.63, 3.8) is 0 Å². The summed E-state index contributed by atoms with van der Waals surface area (Å²) in [6.45, 7) is 5.89. The van der Waals surface area contributed by atoms with Gasteiger partial charge in [-0.25, -0.2) is 0 Å². The summed E-state index contributed by atoms with van der Waals surface area (Å²) >= 11 is 0. The van der Waals surface area contributed by atoms with Gasteiger partial charge in [0.1, 0.15) is 11.3 Å². The van der Waals surface area contributed by atoms with Crippen LogP contribution in [0.2, 0.25) is 0 Å². The van der Waals surface area contributed by atoms with Gasteiger partial charge in [0.25, 0.3) is 0 Å². The number of rotatable bonds is 1. The summed E-state index contributed by atoms with van der Waals surface area (Å²) in [5.41, 5.74) is 3.99. The fourth-order valence-corrected chi connectivity index (χ4v) is 5.46. The van der Waals surface area contributed by atoms with Crippen molar-refractivity contribution < 1.29 is 4.42 Å². The molecule has 3 aliphatic heterocycles. The van der Waals surface area contributed by atoms with Gasteiger partial charge in [0.2, 0.25) is 0 Å².